The van der Waals surface area contributed by atoms with E-state index in [1.807, 2.05) is 39.1 Å². The molecule has 0 radical (unpaired) electrons. The average Bonchev–Trinajstić information content (AvgIpc) is 2.46. The van der Waals surface area contributed by atoms with Crippen LogP contribution in [0.1, 0.15) is 36.6 Å². The summed E-state index contributed by atoms with van der Waals surface area (Å²) in [6, 6.07) is 6.83. The number of hydrogen-bond donors (Lipinski definition) is 1. The highest BCUT2D eigenvalue weighted by atomic mass is 19.1. The molecule has 1 N–H and O–H groups in total. The number of nitrogens with zero attached hydrogens (tertiary/aromatic N) is 1. The number of hydrogen-bond acceptors (Lipinski definition) is 3. The number of rotatable bonds is 6. The molecular formula is C17H21FN2O. The maximum atomic E-state index is 13.3. The van der Waals surface area contributed by atoms with Crippen LogP contribution in [-0.2, 0) is 0 Å². The van der Waals surface area contributed by atoms with Gasteiger partial charge in [-0.15, -0.1) is 0 Å². The van der Waals surface area contributed by atoms with Gasteiger partial charge in [-0.05, 0) is 55.3 Å². The first-order valence-electron chi connectivity index (χ1n) is 7.22. The van der Waals surface area contributed by atoms with Crippen molar-refractivity contribution in [2.45, 2.75) is 26.8 Å². The van der Waals surface area contributed by atoms with Crippen molar-refractivity contribution in [3.63, 3.8) is 0 Å². The van der Waals surface area contributed by atoms with Crippen molar-refractivity contribution in [1.29, 1.82) is 0 Å². The molecule has 1 heterocycles. The molecule has 0 amide bonds. The molecular weight excluding hydrogens is 267 g/mol. The van der Waals surface area contributed by atoms with E-state index in [0.29, 0.717) is 6.61 Å². The molecule has 0 fully saturated rings. The molecule has 0 bridgehead atoms. The van der Waals surface area contributed by atoms with Gasteiger partial charge in [0.25, 0.3) is 0 Å². The summed E-state index contributed by atoms with van der Waals surface area (Å²) >= 11 is 0. The molecule has 1 aromatic carbocycles. The normalized spacial score (nSPS) is 12.2. The van der Waals surface area contributed by atoms with Crippen molar-refractivity contribution in [2.24, 2.45) is 0 Å². The minimum absolute atomic E-state index is 0.0245. The Labute approximate surface area is 125 Å². The van der Waals surface area contributed by atoms with Crippen LogP contribution >= 0.6 is 0 Å². The Morgan fingerprint density at radius 3 is 2.71 bits per heavy atom. The lowest BCUT2D eigenvalue weighted by Crippen LogP contribution is -2.23. The monoisotopic (exact) mass is 288 g/mol. The van der Waals surface area contributed by atoms with Gasteiger partial charge in [0.2, 0.25) is 0 Å². The Kier molecular flexibility index (Phi) is 5.28. The van der Waals surface area contributed by atoms with Gasteiger partial charge in [0.05, 0.1) is 18.8 Å². The summed E-state index contributed by atoms with van der Waals surface area (Å²) in [6.45, 7) is 7.32. The van der Waals surface area contributed by atoms with E-state index in [9.17, 15) is 4.39 Å². The molecule has 2 rings (SSSR count). The predicted molar refractivity (Wildman–Crippen MR) is 82.1 cm³/mol. The van der Waals surface area contributed by atoms with Crippen LogP contribution in [0.25, 0.3) is 0 Å². The zero-order chi connectivity index (χ0) is 15.2. The lowest BCUT2D eigenvalue weighted by atomic mass is 9.96. The Bertz CT molecular complexity index is 601. The minimum atomic E-state index is -0.215. The van der Waals surface area contributed by atoms with Gasteiger partial charge in [-0.3, -0.25) is 4.98 Å². The molecule has 1 unspecified atom stereocenters. The standard InChI is InChI=1S/C17H21FN2O/c1-4-20-17(16-7-6-14(18)8-12(16)3)13-9-15(21-5-2)11-19-10-13/h6-11,17,20H,4-5H2,1-3H3. The fraction of sp³-hybridized carbons (Fsp3) is 0.353. The van der Waals surface area contributed by atoms with Gasteiger partial charge in [-0.25, -0.2) is 4.39 Å². The fourth-order valence-electron chi connectivity index (χ4n) is 2.41. The zero-order valence-corrected chi connectivity index (χ0v) is 12.7. The smallest absolute Gasteiger partial charge is 0.137 e. The van der Waals surface area contributed by atoms with Crippen LogP contribution < -0.4 is 10.1 Å². The topological polar surface area (TPSA) is 34.2 Å². The zero-order valence-electron chi connectivity index (χ0n) is 12.7. The van der Waals surface area contributed by atoms with E-state index < -0.39 is 0 Å². The van der Waals surface area contributed by atoms with Gasteiger partial charge >= 0.3 is 0 Å². The average molecular weight is 288 g/mol. The number of nitrogens with one attached hydrogen (secondary N) is 1. The van der Waals surface area contributed by atoms with E-state index in [0.717, 1.165) is 29.0 Å². The van der Waals surface area contributed by atoms with E-state index >= 15 is 0 Å². The number of aromatic nitrogens is 1. The molecule has 0 aliphatic rings. The van der Waals surface area contributed by atoms with Gasteiger partial charge in [0, 0.05) is 6.20 Å². The Morgan fingerprint density at radius 2 is 2.05 bits per heavy atom. The lowest BCUT2D eigenvalue weighted by Gasteiger charge is -2.21. The number of halogens is 1. The Morgan fingerprint density at radius 1 is 1.24 bits per heavy atom. The van der Waals surface area contributed by atoms with Crippen LogP contribution in [0.5, 0.6) is 5.75 Å². The number of aryl methyl sites for hydroxylation is 1. The van der Waals surface area contributed by atoms with Crippen molar-refractivity contribution in [2.75, 3.05) is 13.2 Å². The molecule has 21 heavy (non-hydrogen) atoms. The van der Waals surface area contributed by atoms with Crippen LogP contribution in [0.2, 0.25) is 0 Å². The summed E-state index contributed by atoms with van der Waals surface area (Å²) in [4.78, 5) is 4.24. The highest BCUT2D eigenvalue weighted by Gasteiger charge is 2.16. The SMILES string of the molecule is CCNC(c1cncc(OCC)c1)c1ccc(F)cc1C. The second kappa shape index (κ2) is 7.18. The number of ether oxygens (including phenoxy) is 1. The molecule has 0 saturated heterocycles. The van der Waals surface area contributed by atoms with Crippen LogP contribution in [0.4, 0.5) is 4.39 Å². The number of pyridine rings is 1. The quantitative estimate of drug-likeness (QED) is 0.881. The van der Waals surface area contributed by atoms with Gasteiger partial charge < -0.3 is 10.1 Å². The van der Waals surface area contributed by atoms with Crippen LogP contribution in [0.3, 0.4) is 0 Å². The highest BCUT2D eigenvalue weighted by Crippen LogP contribution is 2.27. The van der Waals surface area contributed by atoms with Gasteiger partial charge in [-0.1, -0.05) is 13.0 Å². The van der Waals surface area contributed by atoms with Crippen LogP contribution in [0.15, 0.2) is 36.7 Å². The molecule has 0 spiro atoms. The molecule has 1 aromatic heterocycles. The first-order valence-corrected chi connectivity index (χ1v) is 7.22. The predicted octanol–water partition coefficient (Wildman–Crippen LogP) is 3.63. The van der Waals surface area contributed by atoms with Gasteiger partial charge in [-0.2, -0.15) is 0 Å². The van der Waals surface area contributed by atoms with Crippen LogP contribution in [-0.4, -0.2) is 18.1 Å². The van der Waals surface area contributed by atoms with Crippen molar-refractivity contribution in [3.05, 3.63) is 59.2 Å². The van der Waals surface area contributed by atoms with E-state index in [4.69, 9.17) is 4.74 Å². The summed E-state index contributed by atoms with van der Waals surface area (Å²) in [6.07, 6.45) is 3.52. The Hall–Kier alpha value is -1.94. The lowest BCUT2D eigenvalue weighted by molar-refractivity contribution is 0.338. The number of benzene rings is 1. The second-order valence-corrected chi connectivity index (χ2v) is 4.88. The molecule has 1 atom stereocenters. The first kappa shape index (κ1) is 15.4. The first-order chi connectivity index (χ1) is 10.2. The molecule has 0 saturated carbocycles. The summed E-state index contributed by atoms with van der Waals surface area (Å²) in [5.74, 6) is 0.533. The Balaban J connectivity index is 2.40. The second-order valence-electron chi connectivity index (χ2n) is 4.88. The summed E-state index contributed by atoms with van der Waals surface area (Å²) in [7, 11) is 0. The van der Waals surface area contributed by atoms with Gasteiger partial charge in [0.15, 0.2) is 0 Å². The van der Waals surface area contributed by atoms with Crippen molar-refractivity contribution in [3.8, 4) is 5.75 Å². The fourth-order valence-corrected chi connectivity index (χ4v) is 2.41. The van der Waals surface area contributed by atoms with E-state index in [-0.39, 0.29) is 11.9 Å². The summed E-state index contributed by atoms with van der Waals surface area (Å²) in [5.41, 5.74) is 2.98. The maximum absolute atomic E-state index is 13.3. The molecule has 0 aliphatic heterocycles. The third-order valence-electron chi connectivity index (χ3n) is 3.33. The van der Waals surface area contributed by atoms with Crippen molar-refractivity contribution < 1.29 is 9.13 Å². The minimum Gasteiger partial charge on any atom is -0.492 e. The third kappa shape index (κ3) is 3.79. The summed E-state index contributed by atoms with van der Waals surface area (Å²) < 4.78 is 18.8. The van der Waals surface area contributed by atoms with Crippen molar-refractivity contribution in [1.82, 2.24) is 10.3 Å². The molecule has 112 valence electrons. The molecule has 0 aliphatic carbocycles. The van der Waals surface area contributed by atoms with E-state index in [1.165, 1.54) is 6.07 Å². The third-order valence-corrected chi connectivity index (χ3v) is 3.33. The molecule has 4 heteroatoms. The van der Waals surface area contributed by atoms with Crippen molar-refractivity contribution >= 4 is 0 Å². The van der Waals surface area contributed by atoms with E-state index in [2.05, 4.69) is 10.3 Å². The summed E-state index contributed by atoms with van der Waals surface area (Å²) in [5, 5.41) is 3.43. The largest absolute Gasteiger partial charge is 0.492 e. The highest BCUT2D eigenvalue weighted by molar-refractivity contribution is 5.38. The van der Waals surface area contributed by atoms with E-state index in [1.54, 1.807) is 12.3 Å². The molecule has 3 nitrogen and oxygen atoms in total. The molecule has 2 aromatic rings. The van der Waals surface area contributed by atoms with Crippen LogP contribution in [0, 0.1) is 12.7 Å². The van der Waals surface area contributed by atoms with Gasteiger partial charge in [0.1, 0.15) is 11.6 Å². The maximum Gasteiger partial charge on any atom is 0.137 e.